The van der Waals surface area contributed by atoms with Crippen LogP contribution in [0.4, 0.5) is 0 Å². The predicted molar refractivity (Wildman–Crippen MR) is 156 cm³/mol. The monoisotopic (exact) mass is 513 g/mol. The molecule has 2 aromatic rings. The van der Waals surface area contributed by atoms with Gasteiger partial charge in [0.15, 0.2) is 0 Å². The highest BCUT2D eigenvalue weighted by atomic mass is 35.5. The third kappa shape index (κ3) is 8.90. The molecule has 0 radical (unpaired) electrons. The highest BCUT2D eigenvalue weighted by Gasteiger charge is 2.27. The van der Waals surface area contributed by atoms with E-state index >= 15 is 0 Å². The van der Waals surface area contributed by atoms with Gasteiger partial charge in [-0.3, -0.25) is 4.79 Å². The summed E-state index contributed by atoms with van der Waals surface area (Å²) in [6.45, 7) is 16.7. The summed E-state index contributed by atoms with van der Waals surface area (Å²) < 4.78 is 0. The van der Waals surface area contributed by atoms with Gasteiger partial charge < -0.3 is 15.5 Å². The van der Waals surface area contributed by atoms with E-state index in [4.69, 9.17) is 11.6 Å². The molecular formula is C31H48ClN3O. The molecule has 4 rings (SSSR count). The molecule has 200 valence electrons. The van der Waals surface area contributed by atoms with Gasteiger partial charge in [0.2, 0.25) is 0 Å². The molecule has 2 heterocycles. The standard InChI is InChI=1S/C18H28N2O.C11H14ClN.C2H6/c1-13-6-7-15(14-8-10-19-11-9-14)16(12-13)17(21)20(5)18(2,3)4;12-11-3-1-9(2-4-11)10-5-7-13-8-6-10;1-2/h6-7,12,14,19H,8-11H2,1-5H3;1-4,10,13H,5-8H2;1-2H3. The molecule has 2 aliphatic heterocycles. The van der Waals surface area contributed by atoms with Crippen LogP contribution in [0.1, 0.15) is 99.2 Å². The van der Waals surface area contributed by atoms with Crippen LogP contribution in [-0.4, -0.2) is 49.6 Å². The third-order valence-corrected chi connectivity index (χ3v) is 7.46. The van der Waals surface area contributed by atoms with Gasteiger partial charge in [0.25, 0.3) is 5.91 Å². The molecule has 2 aliphatic rings. The maximum Gasteiger partial charge on any atom is 0.254 e. The molecule has 0 aliphatic carbocycles. The molecular weight excluding hydrogens is 466 g/mol. The first kappa shape index (κ1) is 30.3. The summed E-state index contributed by atoms with van der Waals surface area (Å²) in [5, 5.41) is 7.60. The van der Waals surface area contributed by atoms with Crippen molar-refractivity contribution in [1.82, 2.24) is 15.5 Å². The molecule has 4 nitrogen and oxygen atoms in total. The Morgan fingerprint density at radius 3 is 1.86 bits per heavy atom. The van der Waals surface area contributed by atoms with E-state index in [1.54, 1.807) is 0 Å². The first-order valence-corrected chi connectivity index (χ1v) is 14.1. The first-order chi connectivity index (χ1) is 17.2. The highest BCUT2D eigenvalue weighted by Crippen LogP contribution is 2.30. The van der Waals surface area contributed by atoms with Crippen LogP contribution in [0, 0.1) is 6.92 Å². The van der Waals surface area contributed by atoms with Crippen LogP contribution in [0.2, 0.25) is 5.02 Å². The maximum absolute atomic E-state index is 12.9. The van der Waals surface area contributed by atoms with Crippen LogP contribution in [0.15, 0.2) is 42.5 Å². The van der Waals surface area contributed by atoms with Crippen molar-refractivity contribution in [2.45, 2.75) is 84.6 Å². The van der Waals surface area contributed by atoms with Crippen molar-refractivity contribution < 1.29 is 4.79 Å². The van der Waals surface area contributed by atoms with Gasteiger partial charge in [-0.25, -0.2) is 0 Å². The fourth-order valence-corrected chi connectivity index (χ4v) is 4.85. The summed E-state index contributed by atoms with van der Waals surface area (Å²) >= 11 is 5.84. The van der Waals surface area contributed by atoms with Crippen LogP contribution in [0.3, 0.4) is 0 Å². The lowest BCUT2D eigenvalue weighted by Gasteiger charge is -2.34. The molecule has 0 aromatic heterocycles. The number of carbonyl (C=O) groups excluding carboxylic acids is 1. The van der Waals surface area contributed by atoms with Crippen LogP contribution < -0.4 is 10.6 Å². The fourth-order valence-electron chi connectivity index (χ4n) is 4.72. The Bertz CT molecular complexity index is 924. The van der Waals surface area contributed by atoms with Gasteiger partial charge in [-0.15, -0.1) is 0 Å². The summed E-state index contributed by atoms with van der Waals surface area (Å²) in [6, 6.07) is 14.6. The molecule has 2 N–H and O–H groups in total. The van der Waals surface area contributed by atoms with Gasteiger partial charge in [0, 0.05) is 23.2 Å². The molecule has 5 heteroatoms. The Morgan fingerprint density at radius 2 is 1.36 bits per heavy atom. The number of aryl methyl sites for hydroxylation is 1. The zero-order valence-electron chi connectivity index (χ0n) is 23.6. The smallest absolute Gasteiger partial charge is 0.254 e. The zero-order chi connectivity index (χ0) is 26.7. The molecule has 36 heavy (non-hydrogen) atoms. The number of nitrogens with zero attached hydrogens (tertiary/aromatic N) is 1. The molecule has 0 unspecified atom stereocenters. The number of piperidine rings is 2. The minimum absolute atomic E-state index is 0.139. The number of carbonyl (C=O) groups is 1. The molecule has 2 fully saturated rings. The van der Waals surface area contributed by atoms with E-state index in [0.717, 1.165) is 61.1 Å². The van der Waals surface area contributed by atoms with E-state index in [2.05, 4.69) is 68.7 Å². The molecule has 0 spiro atoms. The van der Waals surface area contributed by atoms with Crippen LogP contribution in [-0.2, 0) is 0 Å². The molecule has 2 aromatic carbocycles. The van der Waals surface area contributed by atoms with E-state index in [1.165, 1.54) is 24.0 Å². The molecule has 2 saturated heterocycles. The van der Waals surface area contributed by atoms with Crippen LogP contribution >= 0.6 is 11.6 Å². The van der Waals surface area contributed by atoms with Crippen molar-refractivity contribution in [3.05, 3.63) is 69.7 Å². The lowest BCUT2D eigenvalue weighted by Crippen LogP contribution is -2.43. The summed E-state index contributed by atoms with van der Waals surface area (Å²) in [5.41, 5.74) is 4.54. The SMILES string of the molecule is CC.Cc1ccc(C2CCNCC2)c(C(=O)N(C)C(C)(C)C)c1.Clc1ccc(C2CCNCC2)cc1. The third-order valence-electron chi connectivity index (χ3n) is 7.21. The van der Waals surface area contributed by atoms with Gasteiger partial charge in [-0.2, -0.15) is 0 Å². The van der Waals surface area contributed by atoms with Crippen molar-refractivity contribution in [2.75, 3.05) is 33.2 Å². The van der Waals surface area contributed by atoms with E-state index in [1.807, 2.05) is 37.9 Å². The Kier molecular flexibility index (Phi) is 12.4. The highest BCUT2D eigenvalue weighted by molar-refractivity contribution is 6.30. The van der Waals surface area contributed by atoms with Crippen molar-refractivity contribution >= 4 is 17.5 Å². The number of nitrogens with one attached hydrogen (secondary N) is 2. The van der Waals surface area contributed by atoms with E-state index in [0.29, 0.717) is 5.92 Å². The van der Waals surface area contributed by atoms with Crippen molar-refractivity contribution in [3.8, 4) is 0 Å². The van der Waals surface area contributed by atoms with Crippen molar-refractivity contribution in [3.63, 3.8) is 0 Å². The average molecular weight is 514 g/mol. The Hall–Kier alpha value is -1.88. The summed E-state index contributed by atoms with van der Waals surface area (Å²) in [5.74, 6) is 1.37. The second-order valence-electron chi connectivity index (χ2n) is 10.7. The fraction of sp³-hybridized carbons (Fsp3) is 0.581. The Morgan fingerprint density at radius 1 is 0.861 bits per heavy atom. The number of rotatable bonds is 3. The van der Waals surface area contributed by atoms with Crippen LogP contribution in [0.5, 0.6) is 0 Å². The number of amides is 1. The first-order valence-electron chi connectivity index (χ1n) is 13.7. The van der Waals surface area contributed by atoms with E-state index < -0.39 is 0 Å². The van der Waals surface area contributed by atoms with Gasteiger partial charge in [-0.1, -0.05) is 55.3 Å². The van der Waals surface area contributed by atoms with Gasteiger partial charge in [-0.05, 0) is 121 Å². The maximum atomic E-state index is 12.9. The zero-order valence-corrected chi connectivity index (χ0v) is 24.3. The predicted octanol–water partition coefficient (Wildman–Crippen LogP) is 7.17. The second kappa shape index (κ2) is 14.8. The second-order valence-corrected chi connectivity index (χ2v) is 11.2. The Balaban J connectivity index is 0.000000260. The number of benzene rings is 2. The minimum Gasteiger partial charge on any atom is -0.337 e. The normalized spacial score (nSPS) is 16.8. The van der Waals surface area contributed by atoms with Crippen molar-refractivity contribution in [1.29, 1.82) is 0 Å². The summed E-state index contributed by atoms with van der Waals surface area (Å²) in [7, 11) is 1.90. The molecule has 0 bridgehead atoms. The topological polar surface area (TPSA) is 44.4 Å². The lowest BCUT2D eigenvalue weighted by molar-refractivity contribution is 0.0653. The number of halogens is 1. The van der Waals surface area contributed by atoms with E-state index in [-0.39, 0.29) is 11.4 Å². The lowest BCUT2D eigenvalue weighted by atomic mass is 9.85. The molecule has 0 saturated carbocycles. The van der Waals surface area contributed by atoms with Gasteiger partial charge in [0.1, 0.15) is 0 Å². The largest absolute Gasteiger partial charge is 0.337 e. The average Bonchev–Trinajstić information content (AvgIpc) is 2.90. The summed E-state index contributed by atoms with van der Waals surface area (Å²) in [4.78, 5) is 14.8. The van der Waals surface area contributed by atoms with Crippen molar-refractivity contribution in [2.24, 2.45) is 0 Å². The van der Waals surface area contributed by atoms with E-state index in [9.17, 15) is 4.79 Å². The number of hydrogen-bond donors (Lipinski definition) is 2. The van der Waals surface area contributed by atoms with Gasteiger partial charge >= 0.3 is 0 Å². The van der Waals surface area contributed by atoms with Crippen LogP contribution in [0.25, 0.3) is 0 Å². The molecule has 1 amide bonds. The molecule has 0 atom stereocenters. The quantitative estimate of drug-likeness (QED) is 0.457. The number of hydrogen-bond acceptors (Lipinski definition) is 3. The minimum atomic E-state index is -0.160. The van der Waals surface area contributed by atoms with Gasteiger partial charge in [0.05, 0.1) is 0 Å². The summed E-state index contributed by atoms with van der Waals surface area (Å²) in [6.07, 6.45) is 4.73. The Labute approximate surface area is 225 Å².